The Morgan fingerprint density at radius 1 is 1.17 bits per heavy atom. The number of benzene rings is 2. The lowest BCUT2D eigenvalue weighted by molar-refractivity contribution is 1.02. The molecule has 2 rings (SSSR count). The summed E-state index contributed by atoms with van der Waals surface area (Å²) in [5.74, 6) is 6.12. The second kappa shape index (κ2) is 5.67. The molecule has 0 spiro atoms. The molecule has 0 radical (unpaired) electrons. The highest BCUT2D eigenvalue weighted by Gasteiger charge is 2.04. The van der Waals surface area contributed by atoms with Crippen LogP contribution in [-0.2, 0) is 0 Å². The minimum Gasteiger partial charge on any atom is -0.308 e. The fourth-order valence-corrected chi connectivity index (χ4v) is 1.97. The Hall–Kier alpha value is -1.84. The number of aryl methyl sites for hydroxylation is 1. The minimum atomic E-state index is 0.590. The number of rotatable bonds is 2. The van der Waals surface area contributed by atoms with Crippen LogP contribution < -0.4 is 11.3 Å². The van der Waals surface area contributed by atoms with Crippen LogP contribution >= 0.6 is 11.6 Å². The zero-order valence-electron chi connectivity index (χ0n) is 10.0. The average molecular weight is 260 g/mol. The maximum Gasteiger partial charge on any atom is 0.147 e. The Morgan fingerprint density at radius 3 is 2.50 bits per heavy atom. The number of hydrazine groups is 1. The van der Waals surface area contributed by atoms with Crippen LogP contribution in [0.25, 0.3) is 0 Å². The SMILES string of the molecule is Cc1cc(Cl)cc(C(=Nc2ccccc2)NN)c1. The molecule has 0 aromatic heterocycles. The maximum absolute atomic E-state index is 6.03. The van der Waals surface area contributed by atoms with Crippen molar-refractivity contribution in [2.45, 2.75) is 6.92 Å². The number of hydrogen-bond donors (Lipinski definition) is 2. The van der Waals surface area contributed by atoms with Gasteiger partial charge in [0.1, 0.15) is 5.84 Å². The summed E-state index contributed by atoms with van der Waals surface area (Å²) in [6.45, 7) is 1.98. The van der Waals surface area contributed by atoms with E-state index < -0.39 is 0 Å². The molecule has 0 fully saturated rings. The zero-order valence-corrected chi connectivity index (χ0v) is 10.8. The van der Waals surface area contributed by atoms with Crippen LogP contribution in [0.15, 0.2) is 53.5 Å². The lowest BCUT2D eigenvalue weighted by atomic mass is 10.1. The number of amidine groups is 1. The van der Waals surface area contributed by atoms with Gasteiger partial charge in [-0.3, -0.25) is 0 Å². The number of halogens is 1. The van der Waals surface area contributed by atoms with Gasteiger partial charge in [0.15, 0.2) is 0 Å². The summed E-state index contributed by atoms with van der Waals surface area (Å²) in [5.41, 5.74) is 5.38. The molecular formula is C14H14ClN3. The van der Waals surface area contributed by atoms with E-state index in [-0.39, 0.29) is 0 Å². The number of hydrogen-bond acceptors (Lipinski definition) is 2. The molecule has 0 heterocycles. The second-order valence-electron chi connectivity index (χ2n) is 3.96. The fourth-order valence-electron chi connectivity index (χ4n) is 1.68. The first-order valence-electron chi connectivity index (χ1n) is 5.57. The predicted octanol–water partition coefficient (Wildman–Crippen LogP) is 3.19. The van der Waals surface area contributed by atoms with Crippen molar-refractivity contribution >= 4 is 23.1 Å². The summed E-state index contributed by atoms with van der Waals surface area (Å²) in [6.07, 6.45) is 0. The van der Waals surface area contributed by atoms with Gasteiger partial charge in [-0.2, -0.15) is 0 Å². The van der Waals surface area contributed by atoms with Gasteiger partial charge in [0.2, 0.25) is 0 Å². The quantitative estimate of drug-likeness (QED) is 0.377. The Morgan fingerprint density at radius 2 is 1.89 bits per heavy atom. The van der Waals surface area contributed by atoms with E-state index in [9.17, 15) is 0 Å². The molecule has 0 aliphatic heterocycles. The van der Waals surface area contributed by atoms with Gasteiger partial charge in [0, 0.05) is 10.6 Å². The summed E-state index contributed by atoms with van der Waals surface area (Å²) >= 11 is 6.03. The molecule has 3 nitrogen and oxygen atoms in total. The van der Waals surface area contributed by atoms with Crippen LogP contribution in [0, 0.1) is 6.92 Å². The first-order chi connectivity index (χ1) is 8.69. The third-order valence-corrected chi connectivity index (χ3v) is 2.67. The van der Waals surface area contributed by atoms with E-state index in [1.54, 1.807) is 0 Å². The van der Waals surface area contributed by atoms with Crippen molar-refractivity contribution in [2.24, 2.45) is 10.8 Å². The van der Waals surface area contributed by atoms with Crippen molar-refractivity contribution in [2.75, 3.05) is 0 Å². The van der Waals surface area contributed by atoms with Crippen LogP contribution in [-0.4, -0.2) is 5.84 Å². The Kier molecular flexibility index (Phi) is 3.97. The van der Waals surface area contributed by atoms with E-state index in [2.05, 4.69) is 10.4 Å². The molecule has 3 N–H and O–H groups in total. The lowest BCUT2D eigenvalue weighted by Crippen LogP contribution is -2.30. The average Bonchev–Trinajstić information content (AvgIpc) is 2.36. The first-order valence-corrected chi connectivity index (χ1v) is 5.95. The molecule has 92 valence electrons. The van der Waals surface area contributed by atoms with Gasteiger partial charge >= 0.3 is 0 Å². The number of nitrogens with two attached hydrogens (primary N) is 1. The van der Waals surface area contributed by atoms with Crippen molar-refractivity contribution in [3.05, 3.63) is 64.7 Å². The topological polar surface area (TPSA) is 50.4 Å². The van der Waals surface area contributed by atoms with Gasteiger partial charge in [-0.25, -0.2) is 10.8 Å². The molecule has 2 aromatic carbocycles. The van der Waals surface area contributed by atoms with Gasteiger partial charge in [-0.05, 0) is 42.8 Å². The van der Waals surface area contributed by atoms with E-state index in [0.29, 0.717) is 10.9 Å². The van der Waals surface area contributed by atoms with Crippen LogP contribution in [0.1, 0.15) is 11.1 Å². The molecule has 2 aromatic rings. The zero-order chi connectivity index (χ0) is 13.0. The number of aliphatic imine (C=N–C) groups is 1. The summed E-state index contributed by atoms with van der Waals surface area (Å²) in [4.78, 5) is 4.45. The molecule has 0 aliphatic carbocycles. The van der Waals surface area contributed by atoms with E-state index in [1.807, 2.05) is 55.5 Å². The molecule has 0 aliphatic rings. The molecule has 0 unspecified atom stereocenters. The summed E-state index contributed by atoms with van der Waals surface area (Å²) in [7, 11) is 0. The third-order valence-electron chi connectivity index (χ3n) is 2.45. The second-order valence-corrected chi connectivity index (χ2v) is 4.39. The molecule has 18 heavy (non-hydrogen) atoms. The minimum absolute atomic E-state index is 0.590. The monoisotopic (exact) mass is 259 g/mol. The van der Waals surface area contributed by atoms with Crippen molar-refractivity contribution in [3.63, 3.8) is 0 Å². The van der Waals surface area contributed by atoms with Crippen LogP contribution in [0.4, 0.5) is 5.69 Å². The molecule has 0 saturated heterocycles. The Labute approximate surface area is 111 Å². The first kappa shape index (κ1) is 12.6. The van der Waals surface area contributed by atoms with E-state index >= 15 is 0 Å². The van der Waals surface area contributed by atoms with Gasteiger partial charge < -0.3 is 5.43 Å². The third kappa shape index (κ3) is 3.09. The van der Waals surface area contributed by atoms with Crippen LogP contribution in [0.5, 0.6) is 0 Å². The molecular weight excluding hydrogens is 246 g/mol. The highest BCUT2D eigenvalue weighted by atomic mass is 35.5. The number of nitrogens with zero attached hydrogens (tertiary/aromatic N) is 1. The lowest BCUT2D eigenvalue weighted by Gasteiger charge is -2.07. The highest BCUT2D eigenvalue weighted by Crippen LogP contribution is 2.17. The summed E-state index contributed by atoms with van der Waals surface area (Å²) < 4.78 is 0. The van der Waals surface area contributed by atoms with Gasteiger partial charge in [0.05, 0.1) is 5.69 Å². The molecule has 0 atom stereocenters. The van der Waals surface area contributed by atoms with Crippen molar-refractivity contribution < 1.29 is 0 Å². The molecule has 4 heteroatoms. The van der Waals surface area contributed by atoms with Crippen molar-refractivity contribution in [1.29, 1.82) is 0 Å². The largest absolute Gasteiger partial charge is 0.308 e. The Bertz CT molecular complexity index is 544. The van der Waals surface area contributed by atoms with E-state index in [1.165, 1.54) is 0 Å². The summed E-state index contributed by atoms with van der Waals surface area (Å²) in [5, 5.41) is 0.668. The molecule has 0 saturated carbocycles. The number of nitrogens with one attached hydrogen (secondary N) is 1. The maximum atomic E-state index is 6.03. The number of para-hydroxylation sites is 1. The van der Waals surface area contributed by atoms with Gasteiger partial charge in [-0.1, -0.05) is 29.8 Å². The van der Waals surface area contributed by atoms with E-state index in [4.69, 9.17) is 17.4 Å². The smallest absolute Gasteiger partial charge is 0.147 e. The van der Waals surface area contributed by atoms with E-state index in [0.717, 1.165) is 16.8 Å². The van der Waals surface area contributed by atoms with Crippen LogP contribution in [0.3, 0.4) is 0 Å². The molecule has 0 amide bonds. The van der Waals surface area contributed by atoms with Gasteiger partial charge in [0.25, 0.3) is 0 Å². The highest BCUT2D eigenvalue weighted by molar-refractivity contribution is 6.31. The fraction of sp³-hybridized carbons (Fsp3) is 0.0714. The van der Waals surface area contributed by atoms with Crippen molar-refractivity contribution in [1.82, 2.24) is 5.43 Å². The Balaban J connectivity index is 2.42. The normalized spacial score (nSPS) is 11.4. The predicted molar refractivity (Wildman–Crippen MR) is 76.2 cm³/mol. The standard InChI is InChI=1S/C14H14ClN3/c1-10-7-11(9-12(15)8-10)14(18-16)17-13-5-3-2-4-6-13/h2-9H,16H2,1H3,(H,17,18). The molecule has 0 bridgehead atoms. The van der Waals surface area contributed by atoms with Crippen LogP contribution in [0.2, 0.25) is 5.02 Å². The van der Waals surface area contributed by atoms with Gasteiger partial charge in [-0.15, -0.1) is 0 Å². The summed E-state index contributed by atoms with van der Waals surface area (Å²) in [6, 6.07) is 15.3. The van der Waals surface area contributed by atoms with Crippen molar-refractivity contribution in [3.8, 4) is 0 Å².